The summed E-state index contributed by atoms with van der Waals surface area (Å²) in [6.45, 7) is 0.638. The van der Waals surface area contributed by atoms with Crippen molar-refractivity contribution in [2.24, 2.45) is 0 Å². The average Bonchev–Trinajstić information content (AvgIpc) is 2.82. The Kier molecular flexibility index (Phi) is 6.18. The van der Waals surface area contributed by atoms with Crippen LogP contribution in [0.25, 0.3) is 11.3 Å². The maximum Gasteiger partial charge on any atom is 0.261 e. The van der Waals surface area contributed by atoms with E-state index in [0.29, 0.717) is 18.1 Å². The highest BCUT2D eigenvalue weighted by atomic mass is 16.5. The monoisotopic (exact) mass is 411 g/mol. The molecule has 0 saturated carbocycles. The molecule has 0 aliphatic carbocycles. The number of carbonyl (C=O) groups is 1. The standard InChI is InChI=1S/C25H21N3O3/c29-24(22-12-13-23(28-25(22)30)19-8-2-1-3-9-19)27-16-18-7-6-11-21(15-18)31-17-20-10-4-5-14-26-20/h1-15H,16-17H2,(H,27,29)(H,28,30). The van der Waals surface area contributed by atoms with Crippen LogP contribution in [0.1, 0.15) is 21.6 Å². The van der Waals surface area contributed by atoms with Crippen molar-refractivity contribution in [3.63, 3.8) is 0 Å². The van der Waals surface area contributed by atoms with Crippen molar-refractivity contribution >= 4 is 5.91 Å². The van der Waals surface area contributed by atoms with Crippen LogP contribution in [-0.2, 0) is 13.2 Å². The summed E-state index contributed by atoms with van der Waals surface area (Å²) in [6.07, 6.45) is 1.72. The summed E-state index contributed by atoms with van der Waals surface area (Å²) < 4.78 is 5.77. The Balaban J connectivity index is 1.38. The van der Waals surface area contributed by atoms with Gasteiger partial charge in [-0.1, -0.05) is 48.5 Å². The van der Waals surface area contributed by atoms with E-state index >= 15 is 0 Å². The lowest BCUT2D eigenvalue weighted by Gasteiger charge is -2.09. The van der Waals surface area contributed by atoms with Gasteiger partial charge >= 0.3 is 0 Å². The highest BCUT2D eigenvalue weighted by molar-refractivity contribution is 5.94. The predicted octanol–water partition coefficient (Wildman–Crippen LogP) is 3.95. The van der Waals surface area contributed by atoms with Crippen LogP contribution < -0.4 is 15.6 Å². The molecule has 31 heavy (non-hydrogen) atoms. The zero-order chi connectivity index (χ0) is 21.5. The van der Waals surface area contributed by atoms with Crippen molar-refractivity contribution in [2.75, 3.05) is 0 Å². The quantitative estimate of drug-likeness (QED) is 0.482. The molecule has 2 aromatic carbocycles. The number of carbonyl (C=O) groups excluding carboxylic acids is 1. The van der Waals surface area contributed by atoms with E-state index in [1.165, 1.54) is 0 Å². The Bertz CT molecular complexity index is 1220. The molecule has 1 amide bonds. The number of aromatic nitrogens is 2. The summed E-state index contributed by atoms with van der Waals surface area (Å²) >= 11 is 0. The minimum Gasteiger partial charge on any atom is -0.487 e. The van der Waals surface area contributed by atoms with Crippen LogP contribution in [0.15, 0.2) is 95.9 Å². The highest BCUT2D eigenvalue weighted by Gasteiger charge is 2.11. The number of nitrogens with one attached hydrogen (secondary N) is 2. The molecule has 4 rings (SSSR count). The second-order valence-electron chi connectivity index (χ2n) is 6.92. The first-order valence-corrected chi connectivity index (χ1v) is 9.87. The van der Waals surface area contributed by atoms with Gasteiger partial charge in [-0.15, -0.1) is 0 Å². The van der Waals surface area contributed by atoms with Gasteiger partial charge in [0.05, 0.1) is 5.69 Å². The molecule has 2 aromatic heterocycles. The van der Waals surface area contributed by atoms with E-state index in [1.54, 1.807) is 18.3 Å². The Morgan fingerprint density at radius 2 is 1.77 bits per heavy atom. The zero-order valence-corrected chi connectivity index (χ0v) is 16.7. The van der Waals surface area contributed by atoms with E-state index in [1.807, 2.05) is 72.8 Å². The van der Waals surface area contributed by atoms with Gasteiger partial charge in [0.15, 0.2) is 0 Å². The van der Waals surface area contributed by atoms with E-state index in [2.05, 4.69) is 15.3 Å². The van der Waals surface area contributed by atoms with Crippen LogP contribution >= 0.6 is 0 Å². The fourth-order valence-electron chi connectivity index (χ4n) is 3.10. The number of benzene rings is 2. The molecule has 154 valence electrons. The van der Waals surface area contributed by atoms with E-state index < -0.39 is 11.5 Å². The number of ether oxygens (including phenoxy) is 1. The van der Waals surface area contributed by atoms with E-state index in [9.17, 15) is 9.59 Å². The number of hydrogen-bond acceptors (Lipinski definition) is 4. The zero-order valence-electron chi connectivity index (χ0n) is 16.7. The molecule has 0 radical (unpaired) electrons. The number of amides is 1. The van der Waals surface area contributed by atoms with Gasteiger partial charge in [-0.3, -0.25) is 14.6 Å². The van der Waals surface area contributed by atoms with Gasteiger partial charge in [0, 0.05) is 18.4 Å². The Morgan fingerprint density at radius 1 is 0.935 bits per heavy atom. The van der Waals surface area contributed by atoms with Gasteiger partial charge in [-0.2, -0.15) is 0 Å². The SMILES string of the molecule is O=C(NCc1cccc(OCc2ccccn2)c1)c1ccc(-c2ccccc2)[nH]c1=O. The topological polar surface area (TPSA) is 84.1 Å². The molecule has 0 fully saturated rings. The highest BCUT2D eigenvalue weighted by Crippen LogP contribution is 2.16. The van der Waals surface area contributed by atoms with Crippen LogP contribution in [0.4, 0.5) is 0 Å². The molecule has 6 heteroatoms. The van der Waals surface area contributed by atoms with Gasteiger partial charge in [-0.25, -0.2) is 0 Å². The molecule has 0 aliphatic rings. The fourth-order valence-corrected chi connectivity index (χ4v) is 3.10. The third-order valence-corrected chi connectivity index (χ3v) is 4.70. The molecule has 0 unspecified atom stereocenters. The maximum absolute atomic E-state index is 12.5. The van der Waals surface area contributed by atoms with Gasteiger partial charge in [0.2, 0.25) is 0 Å². The molecule has 6 nitrogen and oxygen atoms in total. The average molecular weight is 411 g/mol. The summed E-state index contributed by atoms with van der Waals surface area (Å²) in [5.41, 5.74) is 2.89. The number of rotatable bonds is 7. The Morgan fingerprint density at radius 3 is 2.55 bits per heavy atom. The van der Waals surface area contributed by atoms with Crippen molar-refractivity contribution in [3.05, 3.63) is 118 Å². The molecule has 0 aliphatic heterocycles. The van der Waals surface area contributed by atoms with E-state index in [-0.39, 0.29) is 12.1 Å². The summed E-state index contributed by atoms with van der Waals surface area (Å²) in [6, 6.07) is 25.9. The van der Waals surface area contributed by atoms with Crippen molar-refractivity contribution in [2.45, 2.75) is 13.2 Å². The van der Waals surface area contributed by atoms with Crippen LogP contribution in [0.2, 0.25) is 0 Å². The normalized spacial score (nSPS) is 10.5. The first-order valence-electron chi connectivity index (χ1n) is 9.87. The van der Waals surface area contributed by atoms with Crippen molar-refractivity contribution in [1.29, 1.82) is 0 Å². The molecule has 4 aromatic rings. The smallest absolute Gasteiger partial charge is 0.261 e. The predicted molar refractivity (Wildman–Crippen MR) is 119 cm³/mol. The summed E-state index contributed by atoms with van der Waals surface area (Å²) in [7, 11) is 0. The first-order chi connectivity index (χ1) is 15.2. The minimum atomic E-state index is -0.430. The lowest BCUT2D eigenvalue weighted by Crippen LogP contribution is -2.29. The summed E-state index contributed by atoms with van der Waals surface area (Å²) in [5, 5.41) is 2.79. The summed E-state index contributed by atoms with van der Waals surface area (Å²) in [4.78, 5) is 31.9. The van der Waals surface area contributed by atoms with Gasteiger partial charge in [-0.05, 0) is 47.5 Å². The second kappa shape index (κ2) is 9.54. The Hall–Kier alpha value is -4.19. The molecule has 0 bridgehead atoms. The molecular formula is C25H21N3O3. The lowest BCUT2D eigenvalue weighted by molar-refractivity contribution is 0.0949. The molecule has 2 N–H and O–H groups in total. The molecule has 2 heterocycles. The summed E-state index contributed by atoms with van der Waals surface area (Å²) in [5.74, 6) is 0.253. The number of hydrogen-bond donors (Lipinski definition) is 2. The Labute approximate surface area is 179 Å². The molecular weight excluding hydrogens is 390 g/mol. The molecule has 0 saturated heterocycles. The van der Waals surface area contributed by atoms with E-state index in [0.717, 1.165) is 16.8 Å². The third kappa shape index (κ3) is 5.25. The first kappa shape index (κ1) is 20.1. The fraction of sp³-hybridized carbons (Fsp3) is 0.0800. The van der Waals surface area contributed by atoms with Crippen LogP contribution in [0.5, 0.6) is 5.75 Å². The second-order valence-corrected chi connectivity index (χ2v) is 6.92. The minimum absolute atomic E-state index is 0.0715. The number of H-pyrrole nitrogens is 1. The lowest BCUT2D eigenvalue weighted by atomic mass is 10.1. The van der Waals surface area contributed by atoms with E-state index in [4.69, 9.17) is 4.74 Å². The largest absolute Gasteiger partial charge is 0.487 e. The van der Waals surface area contributed by atoms with Crippen molar-refractivity contribution < 1.29 is 9.53 Å². The maximum atomic E-state index is 12.5. The van der Waals surface area contributed by atoms with Crippen LogP contribution in [0.3, 0.4) is 0 Å². The number of aromatic amines is 1. The van der Waals surface area contributed by atoms with Crippen molar-refractivity contribution in [3.8, 4) is 17.0 Å². The van der Waals surface area contributed by atoms with Crippen molar-refractivity contribution in [1.82, 2.24) is 15.3 Å². The third-order valence-electron chi connectivity index (χ3n) is 4.70. The number of nitrogens with zero attached hydrogens (tertiary/aromatic N) is 1. The molecule has 0 spiro atoms. The van der Waals surface area contributed by atoms with Gasteiger partial charge in [0.1, 0.15) is 17.9 Å². The van der Waals surface area contributed by atoms with Gasteiger partial charge in [0.25, 0.3) is 11.5 Å². The molecule has 0 atom stereocenters. The number of pyridine rings is 2. The van der Waals surface area contributed by atoms with Gasteiger partial charge < -0.3 is 15.0 Å². The van der Waals surface area contributed by atoms with Crippen LogP contribution in [-0.4, -0.2) is 15.9 Å². The van der Waals surface area contributed by atoms with Crippen LogP contribution in [0, 0.1) is 0 Å².